The van der Waals surface area contributed by atoms with Gasteiger partial charge < -0.3 is 20.3 Å². The molecule has 3 N–H and O–H groups in total. The first kappa shape index (κ1) is 82.9. The Balaban J connectivity index is 3.23. The lowest BCUT2D eigenvalue weighted by atomic mass is 10.0. The third kappa shape index (κ3) is 70.0. The Kier molecular flexibility index (Phi) is 73.3. The fourth-order valence-electron chi connectivity index (χ4n) is 12.9. The molecule has 0 fully saturated rings. The van der Waals surface area contributed by atoms with Gasteiger partial charge in [0.15, 0.2) is 0 Å². The Morgan fingerprint density at radius 2 is 0.488 bits per heavy atom. The van der Waals surface area contributed by atoms with Crippen molar-refractivity contribution in [3.8, 4) is 0 Å². The van der Waals surface area contributed by atoms with E-state index in [9.17, 15) is 19.8 Å². The lowest BCUT2D eigenvalue weighted by molar-refractivity contribution is -0.143. The van der Waals surface area contributed by atoms with Crippen molar-refractivity contribution >= 4 is 11.9 Å². The molecule has 6 nitrogen and oxygen atoms in total. The molecule has 6 heteroatoms. The van der Waals surface area contributed by atoms with Crippen LogP contribution in [0.4, 0.5) is 0 Å². The Bertz CT molecular complexity index is 1230. The van der Waals surface area contributed by atoms with Crippen molar-refractivity contribution < 1.29 is 24.5 Å². The van der Waals surface area contributed by atoms with Crippen LogP contribution in [0.2, 0.25) is 0 Å². The number of ether oxygens (including phenoxy) is 1. The zero-order valence-electron chi connectivity index (χ0n) is 57.7. The second-order valence-corrected chi connectivity index (χ2v) is 27.4. The number of hydrogen-bond acceptors (Lipinski definition) is 5. The minimum absolute atomic E-state index is 0.0284. The Hall–Kier alpha value is -1.14. The molecule has 0 aliphatic carbocycles. The molecule has 0 aromatic rings. The van der Waals surface area contributed by atoms with Crippen LogP contribution in [-0.2, 0) is 14.3 Å². The standard InChI is InChI=1S/C78H155NO5/c1-3-5-7-9-11-13-14-15-16-17-39-43-46-49-52-56-60-64-68-72-78(83)84-73-69-65-61-57-53-50-47-44-41-38-36-34-32-30-28-26-24-22-20-18-19-21-23-25-27-29-31-33-35-37-40-42-45-48-51-55-59-63-67-71-77(82)79-75(74-80)76(81)70-66-62-58-54-12-10-8-6-4-2/h75-76,80-81H,3-74H2,1-2H3,(H,79,82). The number of aliphatic hydroxyl groups excluding tert-OH is 2. The van der Waals surface area contributed by atoms with Crippen LogP contribution >= 0.6 is 0 Å². The highest BCUT2D eigenvalue weighted by Crippen LogP contribution is 2.21. The third-order valence-corrected chi connectivity index (χ3v) is 18.9. The van der Waals surface area contributed by atoms with Gasteiger partial charge in [-0.2, -0.15) is 0 Å². The first-order valence-electron chi connectivity index (χ1n) is 39.3. The van der Waals surface area contributed by atoms with Crippen LogP contribution in [-0.4, -0.2) is 47.4 Å². The van der Waals surface area contributed by atoms with E-state index in [1.807, 2.05) is 0 Å². The average molecular weight is 1190 g/mol. The average Bonchev–Trinajstić information content (AvgIpc) is 3.51. The quantitative estimate of drug-likeness (QED) is 0.0417. The van der Waals surface area contributed by atoms with Gasteiger partial charge in [0, 0.05) is 12.8 Å². The topological polar surface area (TPSA) is 95.9 Å². The molecule has 0 saturated heterocycles. The molecule has 2 atom stereocenters. The van der Waals surface area contributed by atoms with Crippen molar-refractivity contribution in [2.45, 2.75) is 475 Å². The van der Waals surface area contributed by atoms with Crippen LogP contribution in [0, 0.1) is 0 Å². The van der Waals surface area contributed by atoms with Crippen molar-refractivity contribution in [2.24, 2.45) is 0 Å². The predicted octanol–water partition coefficient (Wildman–Crippen LogP) is 25.7. The summed E-state index contributed by atoms with van der Waals surface area (Å²) >= 11 is 0. The van der Waals surface area contributed by atoms with Crippen LogP contribution in [0.15, 0.2) is 0 Å². The monoisotopic (exact) mass is 1190 g/mol. The van der Waals surface area contributed by atoms with E-state index in [1.54, 1.807) is 0 Å². The number of nitrogens with one attached hydrogen (secondary N) is 1. The maximum Gasteiger partial charge on any atom is 0.305 e. The molecule has 0 aromatic heterocycles. The Labute approximate surface area is 527 Å². The molecule has 0 aliphatic rings. The molecule has 0 spiro atoms. The second kappa shape index (κ2) is 74.3. The van der Waals surface area contributed by atoms with Gasteiger partial charge in [0.2, 0.25) is 5.91 Å². The van der Waals surface area contributed by atoms with E-state index >= 15 is 0 Å². The molecule has 2 unspecified atom stereocenters. The van der Waals surface area contributed by atoms with E-state index in [-0.39, 0.29) is 18.5 Å². The zero-order chi connectivity index (χ0) is 60.6. The number of unbranched alkanes of at least 4 members (excludes halogenated alkanes) is 64. The minimum atomic E-state index is -0.656. The highest BCUT2D eigenvalue weighted by atomic mass is 16.5. The van der Waals surface area contributed by atoms with Crippen LogP contribution in [0.3, 0.4) is 0 Å². The summed E-state index contributed by atoms with van der Waals surface area (Å²) in [6.07, 6.45) is 92.3. The van der Waals surface area contributed by atoms with Crippen molar-refractivity contribution in [1.29, 1.82) is 0 Å². The molecular weight excluding hydrogens is 1030 g/mol. The van der Waals surface area contributed by atoms with E-state index < -0.39 is 12.1 Å². The summed E-state index contributed by atoms with van der Waals surface area (Å²) in [5.74, 6) is 0.00169. The maximum absolute atomic E-state index is 12.4. The van der Waals surface area contributed by atoms with Crippen LogP contribution < -0.4 is 5.32 Å². The summed E-state index contributed by atoms with van der Waals surface area (Å²) in [5.41, 5.74) is 0. The van der Waals surface area contributed by atoms with E-state index in [0.717, 1.165) is 38.5 Å². The summed E-state index contributed by atoms with van der Waals surface area (Å²) in [6, 6.07) is -0.533. The van der Waals surface area contributed by atoms with Crippen molar-refractivity contribution in [2.75, 3.05) is 13.2 Å². The molecule has 1 amide bonds. The first-order valence-corrected chi connectivity index (χ1v) is 39.3. The number of rotatable bonds is 75. The van der Waals surface area contributed by atoms with Crippen LogP contribution in [0.5, 0.6) is 0 Å². The normalized spacial score (nSPS) is 12.4. The number of hydrogen-bond donors (Lipinski definition) is 3. The Morgan fingerprint density at radius 3 is 0.726 bits per heavy atom. The highest BCUT2D eigenvalue weighted by molar-refractivity contribution is 5.76. The van der Waals surface area contributed by atoms with Crippen LogP contribution in [0.25, 0.3) is 0 Å². The van der Waals surface area contributed by atoms with Gasteiger partial charge in [-0.1, -0.05) is 425 Å². The van der Waals surface area contributed by atoms with Gasteiger partial charge in [-0.05, 0) is 25.7 Å². The molecule has 84 heavy (non-hydrogen) atoms. The van der Waals surface area contributed by atoms with Crippen LogP contribution in [0.1, 0.15) is 463 Å². The molecule has 0 aromatic carbocycles. The zero-order valence-corrected chi connectivity index (χ0v) is 57.7. The van der Waals surface area contributed by atoms with Gasteiger partial charge in [-0.25, -0.2) is 0 Å². The molecule has 0 radical (unpaired) electrons. The molecule has 0 heterocycles. The van der Waals surface area contributed by atoms with E-state index in [1.165, 1.54) is 392 Å². The van der Waals surface area contributed by atoms with Gasteiger partial charge in [-0.15, -0.1) is 0 Å². The largest absolute Gasteiger partial charge is 0.466 e. The number of carbonyl (C=O) groups is 2. The van der Waals surface area contributed by atoms with Gasteiger partial charge in [0.1, 0.15) is 0 Å². The van der Waals surface area contributed by atoms with Crippen molar-refractivity contribution in [3.05, 3.63) is 0 Å². The molecule has 0 rings (SSSR count). The van der Waals surface area contributed by atoms with Crippen molar-refractivity contribution in [1.82, 2.24) is 5.32 Å². The molecule has 502 valence electrons. The fourth-order valence-corrected chi connectivity index (χ4v) is 12.9. The smallest absolute Gasteiger partial charge is 0.305 e. The van der Waals surface area contributed by atoms with Gasteiger partial charge in [-0.3, -0.25) is 9.59 Å². The minimum Gasteiger partial charge on any atom is -0.466 e. The molecular formula is C78H155NO5. The van der Waals surface area contributed by atoms with Gasteiger partial charge >= 0.3 is 5.97 Å². The number of amides is 1. The SMILES string of the molecule is CCCCCCCCCCCCCCCCCCCCCC(=O)OCCCCCCCCCCCCCCCCCCCCCCCCCCCCCCCCCCCCCCCCCC(=O)NC(CO)C(O)CCCCCCCCCCC. The number of aliphatic hydroxyl groups is 2. The maximum atomic E-state index is 12.4. The van der Waals surface area contributed by atoms with Crippen molar-refractivity contribution in [3.63, 3.8) is 0 Å². The third-order valence-electron chi connectivity index (χ3n) is 18.9. The predicted molar refractivity (Wildman–Crippen MR) is 371 cm³/mol. The van der Waals surface area contributed by atoms with E-state index in [0.29, 0.717) is 25.9 Å². The highest BCUT2D eigenvalue weighted by Gasteiger charge is 2.20. The summed E-state index contributed by atoms with van der Waals surface area (Å²) in [5, 5.41) is 23.2. The van der Waals surface area contributed by atoms with Gasteiger partial charge in [0.25, 0.3) is 0 Å². The first-order chi connectivity index (χ1) is 41.5. The number of carbonyl (C=O) groups excluding carboxylic acids is 2. The lowest BCUT2D eigenvalue weighted by Gasteiger charge is -2.22. The summed E-state index contributed by atoms with van der Waals surface area (Å²) in [4.78, 5) is 24.6. The van der Waals surface area contributed by atoms with E-state index in [2.05, 4.69) is 19.2 Å². The summed E-state index contributed by atoms with van der Waals surface area (Å²) in [6.45, 7) is 4.99. The fraction of sp³-hybridized carbons (Fsp3) is 0.974. The second-order valence-electron chi connectivity index (χ2n) is 27.4. The summed E-state index contributed by atoms with van der Waals surface area (Å²) in [7, 11) is 0. The Morgan fingerprint density at radius 1 is 0.286 bits per heavy atom. The van der Waals surface area contributed by atoms with Gasteiger partial charge in [0.05, 0.1) is 25.4 Å². The number of esters is 1. The summed E-state index contributed by atoms with van der Waals surface area (Å²) < 4.78 is 5.52. The molecule has 0 aliphatic heterocycles. The molecule has 0 bridgehead atoms. The lowest BCUT2D eigenvalue weighted by Crippen LogP contribution is -2.45. The van der Waals surface area contributed by atoms with E-state index in [4.69, 9.17) is 4.74 Å². The molecule has 0 saturated carbocycles.